The number of hydrogen-bond donors (Lipinski definition) is 1. The van der Waals surface area contributed by atoms with Crippen molar-refractivity contribution in [1.29, 1.82) is 0 Å². The Kier molecular flexibility index (Phi) is 5.89. The largest absolute Gasteiger partial charge is 0.369 e. The highest BCUT2D eigenvalue weighted by molar-refractivity contribution is 5.84. The van der Waals surface area contributed by atoms with Gasteiger partial charge in [-0.1, -0.05) is 55.3 Å². The Bertz CT molecular complexity index is 921. The SMILES string of the molecule is NC(=O)[C@@]1(Cc2ccc(-c3ccccc3F)cc2)CCCN(C(=O)C2CCCC2)C1. The molecule has 158 valence electrons. The van der Waals surface area contributed by atoms with Gasteiger partial charge in [-0.2, -0.15) is 0 Å². The summed E-state index contributed by atoms with van der Waals surface area (Å²) in [5.74, 6) is -0.307. The molecule has 0 spiro atoms. The van der Waals surface area contributed by atoms with Gasteiger partial charge in [-0.25, -0.2) is 4.39 Å². The number of primary amides is 1. The van der Waals surface area contributed by atoms with Crippen molar-refractivity contribution in [2.45, 2.75) is 44.9 Å². The molecule has 1 atom stereocenters. The van der Waals surface area contributed by atoms with E-state index in [1.807, 2.05) is 35.2 Å². The molecular weight excluding hydrogens is 379 g/mol. The van der Waals surface area contributed by atoms with Crippen LogP contribution in [0.4, 0.5) is 4.39 Å². The molecule has 1 saturated heterocycles. The standard InChI is InChI=1S/C25H29FN2O2/c26-22-9-4-3-8-21(22)19-12-10-18(11-13-19)16-25(24(27)30)14-5-15-28(17-25)23(29)20-6-1-2-7-20/h3-4,8-13,20H,1-2,5-7,14-17H2,(H2,27,30)/t25-/m1/s1. The number of amides is 2. The van der Waals surface area contributed by atoms with E-state index in [1.165, 1.54) is 6.07 Å². The Hall–Kier alpha value is -2.69. The number of nitrogens with two attached hydrogens (primary N) is 1. The van der Waals surface area contributed by atoms with Gasteiger partial charge in [0.15, 0.2) is 0 Å². The summed E-state index contributed by atoms with van der Waals surface area (Å²) >= 11 is 0. The van der Waals surface area contributed by atoms with Crippen molar-refractivity contribution in [2.75, 3.05) is 13.1 Å². The Balaban J connectivity index is 1.52. The van der Waals surface area contributed by atoms with Gasteiger partial charge in [-0.3, -0.25) is 9.59 Å². The Morgan fingerprint density at radius 3 is 2.40 bits per heavy atom. The van der Waals surface area contributed by atoms with E-state index in [4.69, 9.17) is 5.73 Å². The summed E-state index contributed by atoms with van der Waals surface area (Å²) in [4.78, 5) is 27.3. The zero-order valence-corrected chi connectivity index (χ0v) is 17.3. The van der Waals surface area contributed by atoms with Crippen LogP contribution in [0.1, 0.15) is 44.1 Å². The maximum absolute atomic E-state index is 14.1. The minimum Gasteiger partial charge on any atom is -0.369 e. The van der Waals surface area contributed by atoms with Gasteiger partial charge in [0, 0.05) is 24.6 Å². The third kappa shape index (κ3) is 4.11. The summed E-state index contributed by atoms with van der Waals surface area (Å²) in [6.07, 6.45) is 6.10. The molecule has 2 N–H and O–H groups in total. The van der Waals surface area contributed by atoms with Crippen LogP contribution >= 0.6 is 0 Å². The van der Waals surface area contributed by atoms with Crippen molar-refractivity contribution in [2.24, 2.45) is 17.1 Å². The van der Waals surface area contributed by atoms with Gasteiger partial charge >= 0.3 is 0 Å². The average Bonchev–Trinajstić information content (AvgIpc) is 3.29. The topological polar surface area (TPSA) is 63.4 Å². The van der Waals surface area contributed by atoms with Crippen molar-refractivity contribution in [3.05, 3.63) is 59.9 Å². The van der Waals surface area contributed by atoms with Crippen LogP contribution in [0.25, 0.3) is 11.1 Å². The van der Waals surface area contributed by atoms with Gasteiger partial charge in [-0.05, 0) is 49.3 Å². The highest BCUT2D eigenvalue weighted by Crippen LogP contribution is 2.36. The summed E-state index contributed by atoms with van der Waals surface area (Å²) in [5, 5.41) is 0. The first kappa shape index (κ1) is 20.6. The molecule has 1 aliphatic heterocycles. The second-order valence-electron chi connectivity index (χ2n) is 8.84. The van der Waals surface area contributed by atoms with Gasteiger partial charge in [0.2, 0.25) is 11.8 Å². The molecule has 2 fully saturated rings. The third-order valence-electron chi connectivity index (χ3n) is 6.80. The lowest BCUT2D eigenvalue weighted by Gasteiger charge is -2.41. The summed E-state index contributed by atoms with van der Waals surface area (Å²) in [6.45, 7) is 1.10. The maximum Gasteiger partial charge on any atom is 0.225 e. The van der Waals surface area contributed by atoms with Gasteiger partial charge < -0.3 is 10.6 Å². The minimum absolute atomic E-state index is 0.105. The van der Waals surface area contributed by atoms with E-state index in [0.29, 0.717) is 31.5 Å². The number of halogens is 1. The smallest absolute Gasteiger partial charge is 0.225 e. The highest BCUT2D eigenvalue weighted by Gasteiger charge is 2.43. The molecule has 2 amide bonds. The predicted molar refractivity (Wildman–Crippen MR) is 115 cm³/mol. The minimum atomic E-state index is -0.744. The zero-order chi connectivity index (χ0) is 21.1. The number of benzene rings is 2. The van der Waals surface area contributed by atoms with Gasteiger partial charge in [0.1, 0.15) is 5.82 Å². The maximum atomic E-state index is 14.1. The Morgan fingerprint density at radius 2 is 1.73 bits per heavy atom. The summed E-state index contributed by atoms with van der Waals surface area (Å²) in [6, 6.07) is 14.3. The third-order valence-corrected chi connectivity index (χ3v) is 6.80. The number of likely N-dealkylation sites (tertiary alicyclic amines) is 1. The van der Waals surface area contributed by atoms with Crippen LogP contribution in [0.2, 0.25) is 0 Å². The van der Waals surface area contributed by atoms with E-state index in [2.05, 4.69) is 0 Å². The average molecular weight is 409 g/mol. The van der Waals surface area contributed by atoms with E-state index in [-0.39, 0.29) is 23.5 Å². The molecule has 0 aromatic heterocycles. The predicted octanol–water partition coefficient (Wildman–Crippen LogP) is 4.32. The molecule has 1 heterocycles. The van der Waals surface area contributed by atoms with Crippen LogP contribution in [0.15, 0.2) is 48.5 Å². The quantitative estimate of drug-likeness (QED) is 0.801. The molecule has 2 aromatic rings. The summed E-state index contributed by atoms with van der Waals surface area (Å²) in [5.41, 5.74) is 7.47. The molecule has 0 radical (unpaired) electrons. The molecule has 4 nitrogen and oxygen atoms in total. The van der Waals surface area contributed by atoms with Crippen LogP contribution in [0.5, 0.6) is 0 Å². The van der Waals surface area contributed by atoms with Crippen molar-refractivity contribution in [3.63, 3.8) is 0 Å². The Labute approximate surface area is 177 Å². The second-order valence-corrected chi connectivity index (χ2v) is 8.84. The fraction of sp³-hybridized carbons (Fsp3) is 0.440. The molecule has 4 rings (SSSR count). The van der Waals surface area contributed by atoms with Crippen molar-refractivity contribution < 1.29 is 14.0 Å². The lowest BCUT2D eigenvalue weighted by Crippen LogP contribution is -2.54. The normalized spacial score (nSPS) is 22.2. The van der Waals surface area contributed by atoms with Gasteiger partial charge in [-0.15, -0.1) is 0 Å². The fourth-order valence-corrected chi connectivity index (χ4v) is 5.07. The zero-order valence-electron chi connectivity index (χ0n) is 17.3. The van der Waals surface area contributed by atoms with E-state index >= 15 is 0 Å². The first-order chi connectivity index (χ1) is 14.5. The fourth-order valence-electron chi connectivity index (χ4n) is 5.07. The molecule has 0 bridgehead atoms. The molecule has 0 unspecified atom stereocenters. The van der Waals surface area contributed by atoms with Crippen molar-refractivity contribution in [3.8, 4) is 11.1 Å². The van der Waals surface area contributed by atoms with E-state index in [9.17, 15) is 14.0 Å². The molecule has 1 saturated carbocycles. The van der Waals surface area contributed by atoms with E-state index < -0.39 is 5.41 Å². The van der Waals surface area contributed by atoms with Crippen LogP contribution in [-0.4, -0.2) is 29.8 Å². The Morgan fingerprint density at radius 1 is 1.03 bits per heavy atom. The van der Waals surface area contributed by atoms with E-state index in [0.717, 1.165) is 43.2 Å². The number of carbonyl (C=O) groups excluding carboxylic acids is 2. The molecule has 2 aromatic carbocycles. The number of nitrogens with zero attached hydrogens (tertiary/aromatic N) is 1. The first-order valence-electron chi connectivity index (χ1n) is 10.9. The number of hydrogen-bond acceptors (Lipinski definition) is 2. The van der Waals surface area contributed by atoms with Crippen LogP contribution in [0.3, 0.4) is 0 Å². The summed E-state index contributed by atoms with van der Waals surface area (Å²) < 4.78 is 14.1. The van der Waals surface area contributed by atoms with Crippen LogP contribution in [-0.2, 0) is 16.0 Å². The van der Waals surface area contributed by atoms with Gasteiger partial charge in [0.05, 0.1) is 5.41 Å². The molecule has 5 heteroatoms. The molecule has 2 aliphatic rings. The van der Waals surface area contributed by atoms with E-state index in [1.54, 1.807) is 12.1 Å². The van der Waals surface area contributed by atoms with Crippen molar-refractivity contribution >= 4 is 11.8 Å². The second kappa shape index (κ2) is 8.58. The van der Waals surface area contributed by atoms with Crippen LogP contribution < -0.4 is 5.73 Å². The van der Waals surface area contributed by atoms with Gasteiger partial charge in [0.25, 0.3) is 0 Å². The monoisotopic (exact) mass is 408 g/mol. The lowest BCUT2D eigenvalue weighted by atomic mass is 9.74. The molecule has 1 aliphatic carbocycles. The van der Waals surface area contributed by atoms with Crippen molar-refractivity contribution in [1.82, 2.24) is 4.90 Å². The number of piperidine rings is 1. The molecule has 30 heavy (non-hydrogen) atoms. The molecular formula is C25H29FN2O2. The number of rotatable bonds is 5. The number of carbonyl (C=O) groups is 2. The van der Waals surface area contributed by atoms with Crippen LogP contribution in [0, 0.1) is 17.2 Å². The highest BCUT2D eigenvalue weighted by atomic mass is 19.1. The lowest BCUT2D eigenvalue weighted by molar-refractivity contribution is -0.142. The summed E-state index contributed by atoms with van der Waals surface area (Å²) in [7, 11) is 0. The first-order valence-corrected chi connectivity index (χ1v) is 10.9.